The second kappa shape index (κ2) is 10.9. The molecule has 0 aliphatic carbocycles. The number of benzene rings is 2. The van der Waals surface area contributed by atoms with E-state index in [1.54, 1.807) is 48.5 Å². The third kappa shape index (κ3) is 5.57. The fourth-order valence-corrected chi connectivity index (χ4v) is 3.33. The van der Waals surface area contributed by atoms with E-state index in [1.165, 1.54) is 16.3 Å². The number of amides is 1. The summed E-state index contributed by atoms with van der Waals surface area (Å²) in [5, 5.41) is 2.27. The number of hydrogen-bond acceptors (Lipinski definition) is 6. The van der Waals surface area contributed by atoms with Gasteiger partial charge in [0, 0.05) is 6.92 Å². The average molecular weight is 451 g/mol. The Morgan fingerprint density at radius 2 is 1.64 bits per heavy atom. The van der Waals surface area contributed by atoms with Gasteiger partial charge < -0.3 is 14.8 Å². The first-order chi connectivity index (χ1) is 16.0. The molecule has 1 heterocycles. The maximum atomic E-state index is 13.5. The summed E-state index contributed by atoms with van der Waals surface area (Å²) in [7, 11) is 0. The second-order valence-corrected chi connectivity index (χ2v) is 7.21. The van der Waals surface area contributed by atoms with E-state index in [0.29, 0.717) is 35.5 Å². The van der Waals surface area contributed by atoms with Crippen LogP contribution in [0, 0.1) is 0 Å². The van der Waals surface area contributed by atoms with Crippen LogP contribution >= 0.6 is 0 Å². The van der Waals surface area contributed by atoms with Gasteiger partial charge in [0.2, 0.25) is 12.3 Å². The highest BCUT2D eigenvalue weighted by Gasteiger charge is 2.25. The fourth-order valence-electron chi connectivity index (χ4n) is 3.33. The minimum Gasteiger partial charge on any atom is -0.427 e. The van der Waals surface area contributed by atoms with Crippen LogP contribution in [-0.4, -0.2) is 34.3 Å². The number of carbonyl (C=O) groups excluding carboxylic acids is 3. The predicted molar refractivity (Wildman–Crippen MR) is 121 cm³/mol. The lowest BCUT2D eigenvalue weighted by Crippen LogP contribution is -2.26. The molecule has 1 aromatic heterocycles. The van der Waals surface area contributed by atoms with Gasteiger partial charge in [0.1, 0.15) is 12.3 Å². The van der Waals surface area contributed by atoms with Gasteiger partial charge in [-0.25, -0.2) is 14.2 Å². The zero-order valence-electron chi connectivity index (χ0n) is 18.4. The minimum atomic E-state index is -0.713. The van der Waals surface area contributed by atoms with Crippen LogP contribution in [0.4, 0.5) is 0 Å². The smallest absolute Gasteiger partial charge is 0.332 e. The summed E-state index contributed by atoms with van der Waals surface area (Å²) >= 11 is 0. The molecule has 0 aliphatic heterocycles. The lowest BCUT2D eigenvalue weighted by Gasteiger charge is -2.15. The summed E-state index contributed by atoms with van der Waals surface area (Å²) in [5.74, 6) is -0.749. The molecule has 1 N–H and O–H groups in total. The Hall–Kier alpha value is -4.14. The number of ether oxygens (including phenoxy) is 2. The summed E-state index contributed by atoms with van der Waals surface area (Å²) in [6.45, 7) is 2.96. The van der Waals surface area contributed by atoms with Crippen LogP contribution < -0.4 is 20.3 Å². The number of esters is 2. The van der Waals surface area contributed by atoms with Crippen molar-refractivity contribution >= 4 is 18.3 Å². The van der Waals surface area contributed by atoms with Crippen molar-refractivity contribution in [2.24, 2.45) is 0 Å². The molecule has 172 valence electrons. The Balaban J connectivity index is 2.22. The molecule has 0 fully saturated rings. The van der Waals surface area contributed by atoms with E-state index in [2.05, 4.69) is 5.32 Å². The highest BCUT2D eigenvalue weighted by molar-refractivity contribution is 5.76. The van der Waals surface area contributed by atoms with Crippen molar-refractivity contribution in [3.63, 3.8) is 0 Å². The molecule has 0 unspecified atom stereocenters. The van der Waals surface area contributed by atoms with Crippen molar-refractivity contribution < 1.29 is 23.9 Å². The van der Waals surface area contributed by atoms with Crippen LogP contribution in [0.5, 0.6) is 11.6 Å². The minimum absolute atomic E-state index is 0.0789. The molecule has 2 aromatic carbocycles. The molecule has 0 atom stereocenters. The fraction of sp³-hybridized carbons (Fsp3) is 0.250. The van der Waals surface area contributed by atoms with Gasteiger partial charge in [0.15, 0.2) is 0 Å². The lowest BCUT2D eigenvalue weighted by molar-refractivity contribution is -0.135. The molecule has 1 amide bonds. The second-order valence-electron chi connectivity index (χ2n) is 7.21. The summed E-state index contributed by atoms with van der Waals surface area (Å²) in [6, 6.07) is 15.5. The molecule has 33 heavy (non-hydrogen) atoms. The maximum Gasteiger partial charge on any atom is 0.332 e. The Morgan fingerprint density at radius 3 is 2.24 bits per heavy atom. The number of para-hydroxylation sites is 1. The summed E-state index contributed by atoms with van der Waals surface area (Å²) < 4.78 is 13.6. The van der Waals surface area contributed by atoms with Crippen LogP contribution in [0.25, 0.3) is 11.4 Å². The number of carbonyl (C=O) groups is 3. The molecule has 0 bridgehead atoms. The molecule has 3 aromatic rings. The first kappa shape index (κ1) is 23.5. The Kier molecular flexibility index (Phi) is 7.80. The normalized spacial score (nSPS) is 10.5. The van der Waals surface area contributed by atoms with Crippen LogP contribution in [-0.2, 0) is 20.8 Å². The van der Waals surface area contributed by atoms with Gasteiger partial charge in [-0.2, -0.15) is 0 Å². The average Bonchev–Trinajstić information content (AvgIpc) is 3.07. The number of unbranched alkanes of at least 4 members (excludes halogenated alkanes) is 1. The van der Waals surface area contributed by atoms with Gasteiger partial charge in [0.25, 0.3) is 5.56 Å². The van der Waals surface area contributed by atoms with Gasteiger partial charge >= 0.3 is 11.9 Å². The highest BCUT2D eigenvalue weighted by Crippen LogP contribution is 2.27. The van der Waals surface area contributed by atoms with Crippen LogP contribution in [0.15, 0.2) is 59.4 Å². The van der Waals surface area contributed by atoms with Crippen molar-refractivity contribution in [1.82, 2.24) is 14.7 Å². The van der Waals surface area contributed by atoms with Gasteiger partial charge in [-0.1, -0.05) is 31.5 Å². The molecule has 3 rings (SSSR count). The Morgan fingerprint density at radius 1 is 0.970 bits per heavy atom. The number of nitrogens with zero attached hydrogens (tertiary/aromatic N) is 2. The zero-order chi connectivity index (χ0) is 23.8. The summed E-state index contributed by atoms with van der Waals surface area (Å²) in [6.07, 6.45) is 2.36. The molecule has 0 aliphatic rings. The lowest BCUT2D eigenvalue weighted by atomic mass is 10.1. The molecular weight excluding hydrogens is 426 g/mol. The predicted octanol–water partition coefficient (Wildman–Crippen LogP) is 2.55. The van der Waals surface area contributed by atoms with E-state index in [-0.39, 0.29) is 18.0 Å². The standard InChI is InChI=1S/C24H25N3O6/c1-3-4-10-21-23(31)26(18-8-6-5-7-9-18)27(24(21)33-22(30)15-25-16-28)19-11-13-20(14-12-19)32-17(2)29/h5-9,11-14,16H,3-4,10,15H2,1-2H3,(H,25,28). The van der Waals surface area contributed by atoms with Crippen molar-refractivity contribution in [2.45, 2.75) is 33.1 Å². The van der Waals surface area contributed by atoms with Gasteiger partial charge in [-0.15, -0.1) is 0 Å². The summed E-state index contributed by atoms with van der Waals surface area (Å²) in [5.41, 5.74) is 1.13. The van der Waals surface area contributed by atoms with E-state index < -0.39 is 11.9 Å². The maximum absolute atomic E-state index is 13.5. The monoisotopic (exact) mass is 451 g/mol. The van der Waals surface area contributed by atoms with Crippen molar-refractivity contribution in [3.05, 3.63) is 70.5 Å². The first-order valence-corrected chi connectivity index (χ1v) is 10.5. The van der Waals surface area contributed by atoms with Crippen LogP contribution in [0.2, 0.25) is 0 Å². The largest absolute Gasteiger partial charge is 0.427 e. The van der Waals surface area contributed by atoms with Crippen molar-refractivity contribution in [2.75, 3.05) is 6.54 Å². The third-order valence-electron chi connectivity index (χ3n) is 4.77. The number of hydrogen-bond donors (Lipinski definition) is 1. The number of nitrogens with one attached hydrogen (secondary N) is 1. The number of aromatic nitrogens is 2. The molecular formula is C24H25N3O6. The van der Waals surface area contributed by atoms with E-state index in [0.717, 1.165) is 12.8 Å². The van der Waals surface area contributed by atoms with E-state index in [1.807, 2.05) is 13.0 Å². The van der Waals surface area contributed by atoms with Crippen molar-refractivity contribution in [1.29, 1.82) is 0 Å². The SMILES string of the molecule is CCCCc1c(OC(=O)CNC=O)n(-c2ccc(OC(C)=O)cc2)n(-c2ccccc2)c1=O. The van der Waals surface area contributed by atoms with E-state index in [9.17, 15) is 19.2 Å². The van der Waals surface area contributed by atoms with Crippen molar-refractivity contribution in [3.8, 4) is 23.0 Å². The molecule has 0 radical (unpaired) electrons. The Bertz CT molecular complexity index is 1180. The first-order valence-electron chi connectivity index (χ1n) is 10.5. The highest BCUT2D eigenvalue weighted by atomic mass is 16.5. The zero-order valence-corrected chi connectivity index (χ0v) is 18.4. The molecule has 9 nitrogen and oxygen atoms in total. The summed E-state index contributed by atoms with van der Waals surface area (Å²) in [4.78, 5) is 47.7. The van der Waals surface area contributed by atoms with Crippen LogP contribution in [0.1, 0.15) is 32.3 Å². The molecule has 0 saturated carbocycles. The molecule has 9 heteroatoms. The molecule has 0 saturated heterocycles. The van der Waals surface area contributed by atoms with Gasteiger partial charge in [0.05, 0.1) is 16.9 Å². The quantitative estimate of drug-likeness (QED) is 0.288. The van der Waals surface area contributed by atoms with Gasteiger partial charge in [-0.05, 0) is 49.2 Å². The van der Waals surface area contributed by atoms with Crippen LogP contribution in [0.3, 0.4) is 0 Å². The van der Waals surface area contributed by atoms with Gasteiger partial charge in [-0.3, -0.25) is 14.4 Å². The topological polar surface area (TPSA) is 109 Å². The third-order valence-corrected chi connectivity index (χ3v) is 4.77. The van der Waals surface area contributed by atoms with E-state index >= 15 is 0 Å². The number of rotatable bonds is 10. The Labute approximate surface area is 190 Å². The van der Waals surface area contributed by atoms with E-state index in [4.69, 9.17) is 9.47 Å². The molecule has 0 spiro atoms.